The molecule has 0 aliphatic carbocycles. The summed E-state index contributed by atoms with van der Waals surface area (Å²) in [5.74, 6) is 0. The minimum absolute atomic E-state index is 0.615. The first-order chi connectivity index (χ1) is 9.38. The van der Waals surface area contributed by atoms with Crippen LogP contribution in [0.1, 0.15) is 6.42 Å². The van der Waals surface area contributed by atoms with E-state index in [1.807, 2.05) is 0 Å². The Morgan fingerprint density at radius 2 is 1.74 bits per heavy atom. The van der Waals surface area contributed by atoms with Gasteiger partial charge in [0.1, 0.15) is 0 Å². The lowest BCUT2D eigenvalue weighted by molar-refractivity contribution is 0.617. The van der Waals surface area contributed by atoms with Gasteiger partial charge >= 0.3 is 0 Å². The van der Waals surface area contributed by atoms with Gasteiger partial charge in [-0.05, 0) is 25.1 Å². The molecular formula is C17H20N2. The van der Waals surface area contributed by atoms with Gasteiger partial charge in [-0.1, -0.05) is 48.5 Å². The van der Waals surface area contributed by atoms with Crippen LogP contribution in [-0.4, -0.2) is 26.2 Å². The number of hydrogen-bond donors (Lipinski definition) is 1. The second kappa shape index (κ2) is 5.45. The molecule has 98 valence electrons. The first-order valence-electron chi connectivity index (χ1n) is 6.95. The lowest BCUT2D eigenvalue weighted by Gasteiger charge is -2.22. The van der Waals surface area contributed by atoms with Gasteiger partial charge in [0, 0.05) is 30.4 Å². The molecule has 1 atom stereocenters. The van der Waals surface area contributed by atoms with Crippen molar-refractivity contribution in [2.75, 3.05) is 25.0 Å². The minimum atomic E-state index is 0.615. The highest BCUT2D eigenvalue weighted by Crippen LogP contribution is 2.32. The van der Waals surface area contributed by atoms with Gasteiger partial charge in [-0.25, -0.2) is 0 Å². The first-order valence-corrected chi connectivity index (χ1v) is 6.95. The van der Waals surface area contributed by atoms with Crippen molar-refractivity contribution in [3.05, 3.63) is 54.6 Å². The SMILES string of the molecule is CNC1CCN(c2ccccc2-c2ccccc2)C1. The average molecular weight is 252 g/mol. The van der Waals surface area contributed by atoms with Gasteiger partial charge in [-0.3, -0.25) is 0 Å². The van der Waals surface area contributed by atoms with E-state index in [1.165, 1.54) is 23.2 Å². The first kappa shape index (κ1) is 12.2. The van der Waals surface area contributed by atoms with Crippen LogP contribution in [0.15, 0.2) is 54.6 Å². The summed E-state index contributed by atoms with van der Waals surface area (Å²) in [4.78, 5) is 2.49. The monoisotopic (exact) mass is 252 g/mol. The molecule has 2 aromatic rings. The van der Waals surface area contributed by atoms with Gasteiger partial charge in [-0.15, -0.1) is 0 Å². The van der Waals surface area contributed by atoms with Crippen molar-refractivity contribution in [2.24, 2.45) is 0 Å². The Labute approximate surface area is 115 Å². The van der Waals surface area contributed by atoms with Crippen LogP contribution in [0.3, 0.4) is 0 Å². The second-order valence-corrected chi connectivity index (χ2v) is 5.10. The maximum atomic E-state index is 3.38. The van der Waals surface area contributed by atoms with Gasteiger partial charge in [0.15, 0.2) is 0 Å². The number of benzene rings is 2. The smallest absolute Gasteiger partial charge is 0.0446 e. The molecule has 1 fully saturated rings. The Morgan fingerprint density at radius 3 is 2.47 bits per heavy atom. The van der Waals surface area contributed by atoms with E-state index in [2.05, 4.69) is 71.9 Å². The van der Waals surface area contributed by atoms with E-state index in [-0.39, 0.29) is 0 Å². The van der Waals surface area contributed by atoms with Gasteiger partial charge in [0.05, 0.1) is 0 Å². The van der Waals surface area contributed by atoms with E-state index in [9.17, 15) is 0 Å². The zero-order valence-electron chi connectivity index (χ0n) is 11.3. The molecule has 0 saturated carbocycles. The normalized spacial score (nSPS) is 18.8. The van der Waals surface area contributed by atoms with Crippen molar-refractivity contribution in [1.82, 2.24) is 5.32 Å². The molecule has 0 bridgehead atoms. The van der Waals surface area contributed by atoms with Crippen LogP contribution < -0.4 is 10.2 Å². The second-order valence-electron chi connectivity index (χ2n) is 5.10. The van der Waals surface area contributed by atoms with Crippen molar-refractivity contribution in [3.8, 4) is 11.1 Å². The minimum Gasteiger partial charge on any atom is -0.369 e. The van der Waals surface area contributed by atoms with Crippen LogP contribution in [0.2, 0.25) is 0 Å². The highest BCUT2D eigenvalue weighted by molar-refractivity contribution is 5.78. The van der Waals surface area contributed by atoms with E-state index in [1.54, 1.807) is 0 Å². The van der Waals surface area contributed by atoms with Gasteiger partial charge in [0.2, 0.25) is 0 Å². The molecule has 0 spiro atoms. The fraction of sp³-hybridized carbons (Fsp3) is 0.294. The molecule has 2 heteroatoms. The van der Waals surface area contributed by atoms with Crippen molar-refractivity contribution < 1.29 is 0 Å². The van der Waals surface area contributed by atoms with E-state index < -0.39 is 0 Å². The molecule has 0 radical (unpaired) electrons. The molecule has 2 nitrogen and oxygen atoms in total. The highest BCUT2D eigenvalue weighted by Gasteiger charge is 2.22. The Bertz CT molecular complexity index is 536. The Kier molecular flexibility index (Phi) is 3.51. The summed E-state index contributed by atoms with van der Waals surface area (Å²) in [6, 6.07) is 20.0. The molecule has 0 aromatic heterocycles. The summed E-state index contributed by atoms with van der Waals surface area (Å²) in [6.45, 7) is 2.23. The molecule has 1 N–H and O–H groups in total. The third-order valence-corrected chi connectivity index (χ3v) is 3.93. The lowest BCUT2D eigenvalue weighted by Crippen LogP contribution is -2.29. The average Bonchev–Trinajstić information content (AvgIpc) is 2.97. The largest absolute Gasteiger partial charge is 0.369 e. The summed E-state index contributed by atoms with van der Waals surface area (Å²) >= 11 is 0. The van der Waals surface area contributed by atoms with Crippen molar-refractivity contribution >= 4 is 5.69 Å². The summed E-state index contributed by atoms with van der Waals surface area (Å²) < 4.78 is 0. The Morgan fingerprint density at radius 1 is 1.00 bits per heavy atom. The molecule has 1 unspecified atom stereocenters. The van der Waals surface area contributed by atoms with Crippen LogP contribution in [0.5, 0.6) is 0 Å². The molecular weight excluding hydrogens is 232 g/mol. The molecule has 1 heterocycles. The Balaban J connectivity index is 1.95. The standard InChI is InChI=1S/C17H20N2/c1-18-15-11-12-19(13-15)17-10-6-5-9-16(17)14-7-3-2-4-8-14/h2-10,15,18H,11-13H2,1H3. The number of nitrogens with one attached hydrogen (secondary N) is 1. The number of para-hydroxylation sites is 1. The fourth-order valence-corrected chi connectivity index (χ4v) is 2.83. The van der Waals surface area contributed by atoms with E-state index >= 15 is 0 Å². The van der Waals surface area contributed by atoms with Crippen molar-refractivity contribution in [2.45, 2.75) is 12.5 Å². The van der Waals surface area contributed by atoms with Gasteiger partial charge in [-0.2, -0.15) is 0 Å². The van der Waals surface area contributed by atoms with Crippen LogP contribution in [-0.2, 0) is 0 Å². The van der Waals surface area contributed by atoms with Crippen LogP contribution in [0.25, 0.3) is 11.1 Å². The van der Waals surface area contributed by atoms with E-state index in [0.717, 1.165) is 13.1 Å². The zero-order chi connectivity index (χ0) is 13.1. The number of rotatable bonds is 3. The number of hydrogen-bond acceptors (Lipinski definition) is 2. The topological polar surface area (TPSA) is 15.3 Å². The molecule has 1 aliphatic rings. The summed E-state index contributed by atoms with van der Waals surface area (Å²) in [7, 11) is 2.05. The molecule has 0 amide bonds. The predicted octanol–water partition coefficient (Wildman–Crippen LogP) is 3.15. The number of anilines is 1. The van der Waals surface area contributed by atoms with Gasteiger partial charge < -0.3 is 10.2 Å². The maximum Gasteiger partial charge on any atom is 0.0446 e. The quantitative estimate of drug-likeness (QED) is 0.902. The fourth-order valence-electron chi connectivity index (χ4n) is 2.83. The lowest BCUT2D eigenvalue weighted by atomic mass is 10.0. The highest BCUT2D eigenvalue weighted by atomic mass is 15.2. The van der Waals surface area contributed by atoms with Crippen LogP contribution >= 0.6 is 0 Å². The molecule has 2 aromatic carbocycles. The van der Waals surface area contributed by atoms with E-state index in [4.69, 9.17) is 0 Å². The summed E-state index contributed by atoms with van der Waals surface area (Å²) in [5.41, 5.74) is 3.98. The molecule has 1 aliphatic heterocycles. The summed E-state index contributed by atoms with van der Waals surface area (Å²) in [6.07, 6.45) is 1.22. The maximum absolute atomic E-state index is 3.38. The van der Waals surface area contributed by atoms with Crippen molar-refractivity contribution in [1.29, 1.82) is 0 Å². The molecule has 3 rings (SSSR count). The van der Waals surface area contributed by atoms with E-state index in [0.29, 0.717) is 6.04 Å². The molecule has 19 heavy (non-hydrogen) atoms. The van der Waals surface area contributed by atoms with Crippen molar-refractivity contribution in [3.63, 3.8) is 0 Å². The zero-order valence-corrected chi connectivity index (χ0v) is 11.3. The third kappa shape index (κ3) is 2.49. The van der Waals surface area contributed by atoms with Crippen LogP contribution in [0.4, 0.5) is 5.69 Å². The predicted molar refractivity (Wildman–Crippen MR) is 81.6 cm³/mol. The van der Waals surface area contributed by atoms with Gasteiger partial charge in [0.25, 0.3) is 0 Å². The molecule has 1 saturated heterocycles. The van der Waals surface area contributed by atoms with Crippen LogP contribution in [0, 0.1) is 0 Å². The number of nitrogens with zero attached hydrogens (tertiary/aromatic N) is 1. The third-order valence-electron chi connectivity index (χ3n) is 3.93. The number of likely N-dealkylation sites (N-methyl/N-ethyl adjacent to an activating group) is 1. The summed E-state index contributed by atoms with van der Waals surface area (Å²) in [5, 5.41) is 3.38. The Hall–Kier alpha value is -1.80.